The monoisotopic (exact) mass is 218 g/mol. The van der Waals surface area contributed by atoms with Crippen LogP contribution in [0.1, 0.15) is 38.5 Å². The molecule has 14 heavy (non-hydrogen) atoms. The Labute approximate surface area is 85.6 Å². The molecule has 0 amide bonds. The summed E-state index contributed by atoms with van der Waals surface area (Å²) >= 11 is 0. The number of hydrogen-bond donors (Lipinski definition) is 1. The summed E-state index contributed by atoms with van der Waals surface area (Å²) in [4.78, 5) is 0. The summed E-state index contributed by atoms with van der Waals surface area (Å²) in [6.07, 6.45) is 6.72. The van der Waals surface area contributed by atoms with Crippen LogP contribution in [0.25, 0.3) is 0 Å². The van der Waals surface area contributed by atoms with Crippen LogP contribution in [0, 0.1) is 5.92 Å². The molecule has 0 aromatic rings. The number of rotatable bonds is 1. The Morgan fingerprint density at radius 1 is 1.07 bits per heavy atom. The summed E-state index contributed by atoms with van der Waals surface area (Å²) in [5.41, 5.74) is 0. The zero-order valence-electron chi connectivity index (χ0n) is 8.35. The molecule has 1 saturated carbocycles. The number of piperidine rings is 1. The third kappa shape index (κ3) is 1.94. The van der Waals surface area contributed by atoms with Gasteiger partial charge in [-0.15, -0.1) is 0 Å². The van der Waals surface area contributed by atoms with Gasteiger partial charge in [-0.05, 0) is 31.6 Å². The second kappa shape index (κ2) is 3.79. The molecule has 0 aromatic heterocycles. The summed E-state index contributed by atoms with van der Waals surface area (Å²) in [6, 6.07) is 0.201. The molecule has 0 bridgehead atoms. The van der Waals surface area contributed by atoms with Crippen LogP contribution >= 0.6 is 0 Å². The lowest BCUT2D eigenvalue weighted by Gasteiger charge is -2.42. The maximum atomic E-state index is 11.3. The van der Waals surface area contributed by atoms with Crippen molar-refractivity contribution in [2.45, 2.75) is 44.6 Å². The van der Waals surface area contributed by atoms with E-state index in [1.54, 1.807) is 0 Å². The van der Waals surface area contributed by atoms with Crippen LogP contribution in [0.5, 0.6) is 0 Å². The SMILES string of the molecule is NS(=O)(=O)N1CCC[C@H]2CCCC[C@H]21. The standard InChI is InChI=1S/C9H18N2O2S/c10-14(12,13)11-7-3-5-8-4-1-2-6-9(8)11/h8-9H,1-7H2,(H2,10,12,13)/t8-,9-/m1/s1. The molecule has 2 atom stereocenters. The summed E-state index contributed by atoms with van der Waals surface area (Å²) < 4.78 is 24.2. The van der Waals surface area contributed by atoms with Crippen LogP contribution in [0.2, 0.25) is 0 Å². The fourth-order valence-corrected chi connectivity index (χ4v) is 3.93. The first kappa shape index (κ1) is 10.4. The lowest BCUT2D eigenvalue weighted by atomic mass is 9.79. The topological polar surface area (TPSA) is 63.4 Å². The lowest BCUT2D eigenvalue weighted by Crippen LogP contribution is -2.51. The Hall–Kier alpha value is -0.130. The Kier molecular flexibility index (Phi) is 2.81. The zero-order chi connectivity index (χ0) is 10.2. The van der Waals surface area contributed by atoms with Crippen molar-refractivity contribution >= 4 is 10.2 Å². The Morgan fingerprint density at radius 2 is 1.71 bits per heavy atom. The number of hydrogen-bond acceptors (Lipinski definition) is 2. The van der Waals surface area contributed by atoms with E-state index in [1.165, 1.54) is 23.6 Å². The van der Waals surface area contributed by atoms with E-state index in [0.717, 1.165) is 19.3 Å². The first-order valence-corrected chi connectivity index (χ1v) is 6.89. The van der Waals surface area contributed by atoms with Gasteiger partial charge >= 0.3 is 0 Å². The maximum Gasteiger partial charge on any atom is 0.277 e. The molecule has 2 rings (SSSR count). The summed E-state index contributed by atoms with van der Waals surface area (Å²) in [5, 5.41) is 5.22. The Morgan fingerprint density at radius 3 is 2.43 bits per heavy atom. The van der Waals surface area contributed by atoms with E-state index in [1.807, 2.05) is 0 Å². The largest absolute Gasteiger partial charge is 0.277 e. The molecular weight excluding hydrogens is 200 g/mol. The minimum Gasteiger partial charge on any atom is -0.216 e. The van der Waals surface area contributed by atoms with E-state index in [4.69, 9.17) is 5.14 Å². The van der Waals surface area contributed by atoms with Crippen LogP contribution in [-0.2, 0) is 10.2 Å². The van der Waals surface area contributed by atoms with Gasteiger partial charge in [-0.2, -0.15) is 12.7 Å². The van der Waals surface area contributed by atoms with E-state index < -0.39 is 10.2 Å². The number of fused-ring (bicyclic) bond motifs is 1. The molecule has 0 spiro atoms. The number of nitrogens with zero attached hydrogens (tertiary/aromatic N) is 1. The van der Waals surface area contributed by atoms with Crippen molar-refractivity contribution in [3.63, 3.8) is 0 Å². The molecule has 1 saturated heterocycles. The highest BCUT2D eigenvalue weighted by molar-refractivity contribution is 7.86. The number of nitrogens with two attached hydrogens (primary N) is 1. The molecule has 1 aliphatic heterocycles. The van der Waals surface area contributed by atoms with Gasteiger partial charge in [-0.25, -0.2) is 5.14 Å². The molecule has 0 radical (unpaired) electrons. The molecular formula is C9H18N2O2S. The first-order chi connectivity index (χ1) is 6.59. The van der Waals surface area contributed by atoms with E-state index in [9.17, 15) is 8.42 Å². The zero-order valence-corrected chi connectivity index (χ0v) is 9.17. The van der Waals surface area contributed by atoms with E-state index in [-0.39, 0.29) is 6.04 Å². The molecule has 82 valence electrons. The van der Waals surface area contributed by atoms with Crippen molar-refractivity contribution < 1.29 is 8.42 Å². The van der Waals surface area contributed by atoms with Gasteiger partial charge in [-0.1, -0.05) is 12.8 Å². The van der Waals surface area contributed by atoms with Gasteiger partial charge in [0.1, 0.15) is 0 Å². The minimum absolute atomic E-state index is 0.201. The smallest absolute Gasteiger partial charge is 0.216 e. The molecule has 4 nitrogen and oxygen atoms in total. The van der Waals surface area contributed by atoms with Crippen molar-refractivity contribution in [2.24, 2.45) is 11.1 Å². The quantitative estimate of drug-likeness (QED) is 0.709. The molecule has 1 aliphatic carbocycles. The van der Waals surface area contributed by atoms with Gasteiger partial charge in [0, 0.05) is 12.6 Å². The van der Waals surface area contributed by atoms with E-state index in [0.29, 0.717) is 12.5 Å². The van der Waals surface area contributed by atoms with Crippen molar-refractivity contribution in [3.05, 3.63) is 0 Å². The van der Waals surface area contributed by atoms with Crippen LogP contribution in [0.3, 0.4) is 0 Å². The van der Waals surface area contributed by atoms with Gasteiger partial charge in [0.2, 0.25) is 0 Å². The highest BCUT2D eigenvalue weighted by Crippen LogP contribution is 2.35. The molecule has 2 N–H and O–H groups in total. The van der Waals surface area contributed by atoms with Gasteiger partial charge in [0.05, 0.1) is 0 Å². The fraction of sp³-hybridized carbons (Fsp3) is 1.00. The minimum atomic E-state index is -3.46. The molecule has 2 fully saturated rings. The average Bonchev–Trinajstić information content (AvgIpc) is 2.15. The Bertz CT molecular complexity index is 300. The first-order valence-electron chi connectivity index (χ1n) is 5.38. The molecule has 2 aliphatic rings. The van der Waals surface area contributed by atoms with Gasteiger partial charge in [0.15, 0.2) is 0 Å². The van der Waals surface area contributed by atoms with Crippen LogP contribution in [0.4, 0.5) is 0 Å². The van der Waals surface area contributed by atoms with Gasteiger partial charge in [-0.3, -0.25) is 0 Å². The van der Waals surface area contributed by atoms with Crippen LogP contribution < -0.4 is 5.14 Å². The third-order valence-corrected chi connectivity index (χ3v) is 4.63. The second-order valence-electron chi connectivity index (χ2n) is 4.41. The Balaban J connectivity index is 2.17. The van der Waals surface area contributed by atoms with E-state index in [2.05, 4.69) is 0 Å². The molecule has 0 unspecified atom stereocenters. The van der Waals surface area contributed by atoms with Gasteiger partial charge < -0.3 is 0 Å². The predicted molar refractivity (Wildman–Crippen MR) is 54.8 cm³/mol. The van der Waals surface area contributed by atoms with Crippen molar-refractivity contribution in [1.29, 1.82) is 0 Å². The average molecular weight is 218 g/mol. The van der Waals surface area contributed by atoms with Crippen molar-refractivity contribution in [3.8, 4) is 0 Å². The molecule has 5 heteroatoms. The van der Waals surface area contributed by atoms with Gasteiger partial charge in [0.25, 0.3) is 10.2 Å². The molecule has 1 heterocycles. The van der Waals surface area contributed by atoms with Crippen molar-refractivity contribution in [2.75, 3.05) is 6.54 Å². The second-order valence-corrected chi connectivity index (χ2v) is 5.91. The molecule has 0 aromatic carbocycles. The van der Waals surface area contributed by atoms with Crippen LogP contribution in [0.15, 0.2) is 0 Å². The fourth-order valence-electron chi connectivity index (χ4n) is 2.90. The summed E-state index contributed by atoms with van der Waals surface area (Å²) in [6.45, 7) is 0.625. The summed E-state index contributed by atoms with van der Waals surface area (Å²) in [5.74, 6) is 0.566. The highest BCUT2D eigenvalue weighted by atomic mass is 32.2. The van der Waals surface area contributed by atoms with Crippen LogP contribution in [-0.4, -0.2) is 25.3 Å². The third-order valence-electron chi connectivity index (χ3n) is 3.52. The van der Waals surface area contributed by atoms with Crippen molar-refractivity contribution in [1.82, 2.24) is 4.31 Å². The highest BCUT2D eigenvalue weighted by Gasteiger charge is 2.37. The predicted octanol–water partition coefficient (Wildman–Crippen LogP) is 0.844. The summed E-state index contributed by atoms with van der Waals surface area (Å²) in [7, 11) is -3.46. The van der Waals surface area contributed by atoms with E-state index >= 15 is 0 Å². The normalized spacial score (nSPS) is 35.2. The lowest BCUT2D eigenvalue weighted by molar-refractivity contribution is 0.129. The maximum absolute atomic E-state index is 11.3.